The minimum Gasteiger partial charge on any atom is -0.382 e. The lowest BCUT2D eigenvalue weighted by Gasteiger charge is -2.32. The van der Waals surface area contributed by atoms with E-state index in [-0.39, 0.29) is 10.6 Å². The number of likely N-dealkylation sites (tertiary alicyclic amines) is 1. The SMILES string of the molecule is CCC1CCCN(Cc2cccc([N+](=O)[O-])c2NC)C1. The van der Waals surface area contributed by atoms with Gasteiger partial charge in [-0.25, -0.2) is 0 Å². The molecule has 0 spiro atoms. The first-order valence-electron chi connectivity index (χ1n) is 7.32. The van der Waals surface area contributed by atoms with Gasteiger partial charge in [0.1, 0.15) is 5.69 Å². The van der Waals surface area contributed by atoms with Gasteiger partial charge in [-0.3, -0.25) is 15.0 Å². The van der Waals surface area contributed by atoms with Gasteiger partial charge in [-0.1, -0.05) is 25.5 Å². The summed E-state index contributed by atoms with van der Waals surface area (Å²) in [6.45, 7) is 5.21. The predicted octanol–water partition coefficient (Wildman–Crippen LogP) is 3.26. The molecule has 0 bridgehead atoms. The number of para-hydroxylation sites is 1. The molecule has 110 valence electrons. The summed E-state index contributed by atoms with van der Waals surface area (Å²) in [7, 11) is 1.75. The first-order chi connectivity index (χ1) is 9.65. The Hall–Kier alpha value is -1.62. The second kappa shape index (κ2) is 6.70. The van der Waals surface area contributed by atoms with E-state index < -0.39 is 0 Å². The lowest BCUT2D eigenvalue weighted by molar-refractivity contribution is -0.384. The molecule has 0 aliphatic carbocycles. The standard InChI is InChI=1S/C15H23N3O2/c1-3-12-6-5-9-17(10-12)11-13-7-4-8-14(18(19)20)15(13)16-2/h4,7-8,12,16H,3,5-6,9-11H2,1-2H3. The molecule has 1 saturated heterocycles. The average Bonchev–Trinajstić information content (AvgIpc) is 2.47. The van der Waals surface area contributed by atoms with Crippen molar-refractivity contribution in [3.63, 3.8) is 0 Å². The second-order valence-electron chi connectivity index (χ2n) is 5.47. The molecule has 0 radical (unpaired) electrons. The fraction of sp³-hybridized carbons (Fsp3) is 0.600. The highest BCUT2D eigenvalue weighted by Crippen LogP contribution is 2.30. The normalized spacial score (nSPS) is 19.8. The number of hydrogen-bond acceptors (Lipinski definition) is 4. The van der Waals surface area contributed by atoms with Gasteiger partial charge in [-0.2, -0.15) is 0 Å². The summed E-state index contributed by atoms with van der Waals surface area (Å²) in [5.41, 5.74) is 1.82. The van der Waals surface area contributed by atoms with Gasteiger partial charge in [0.15, 0.2) is 0 Å². The van der Waals surface area contributed by atoms with Gasteiger partial charge in [0.2, 0.25) is 0 Å². The molecule has 0 amide bonds. The number of nitrogens with zero attached hydrogens (tertiary/aromatic N) is 2. The van der Waals surface area contributed by atoms with E-state index in [0.717, 1.165) is 31.1 Å². The smallest absolute Gasteiger partial charge is 0.292 e. The summed E-state index contributed by atoms with van der Waals surface area (Å²) in [5.74, 6) is 0.764. The molecule has 0 aromatic heterocycles. The number of nitro benzene ring substituents is 1. The molecule has 5 heteroatoms. The summed E-state index contributed by atoms with van der Waals surface area (Å²) in [5, 5.41) is 14.1. The van der Waals surface area contributed by atoms with Crippen LogP contribution in [0.25, 0.3) is 0 Å². The van der Waals surface area contributed by atoms with Crippen LogP contribution in [0.5, 0.6) is 0 Å². The van der Waals surface area contributed by atoms with Gasteiger partial charge in [-0.05, 0) is 30.9 Å². The van der Waals surface area contributed by atoms with Crippen molar-refractivity contribution >= 4 is 11.4 Å². The highest BCUT2D eigenvalue weighted by atomic mass is 16.6. The number of rotatable bonds is 5. The molecule has 1 unspecified atom stereocenters. The highest BCUT2D eigenvalue weighted by Gasteiger charge is 2.21. The Morgan fingerprint density at radius 1 is 1.50 bits per heavy atom. The molecular formula is C15H23N3O2. The molecule has 1 aliphatic heterocycles. The maximum absolute atomic E-state index is 11.1. The molecule has 0 saturated carbocycles. The largest absolute Gasteiger partial charge is 0.382 e. The average molecular weight is 277 g/mol. The molecule has 20 heavy (non-hydrogen) atoms. The molecule has 1 aromatic rings. The molecule has 2 rings (SSSR count). The Balaban J connectivity index is 2.16. The van der Waals surface area contributed by atoms with Crippen LogP contribution in [0.4, 0.5) is 11.4 Å². The lowest BCUT2D eigenvalue weighted by atomic mass is 9.95. The van der Waals surface area contributed by atoms with Crippen molar-refractivity contribution in [2.24, 2.45) is 5.92 Å². The maximum Gasteiger partial charge on any atom is 0.292 e. The van der Waals surface area contributed by atoms with Gasteiger partial charge in [-0.15, -0.1) is 0 Å². The van der Waals surface area contributed by atoms with Crippen LogP contribution in [0, 0.1) is 16.0 Å². The monoisotopic (exact) mass is 277 g/mol. The van der Waals surface area contributed by atoms with Crippen molar-refractivity contribution < 1.29 is 4.92 Å². The Morgan fingerprint density at radius 2 is 2.30 bits per heavy atom. The van der Waals surface area contributed by atoms with E-state index in [2.05, 4.69) is 17.1 Å². The zero-order valence-electron chi connectivity index (χ0n) is 12.3. The third kappa shape index (κ3) is 3.28. The molecule has 1 heterocycles. The summed E-state index contributed by atoms with van der Waals surface area (Å²) < 4.78 is 0. The van der Waals surface area contributed by atoms with Gasteiger partial charge in [0.25, 0.3) is 5.69 Å². The van der Waals surface area contributed by atoms with Crippen molar-refractivity contribution in [3.8, 4) is 0 Å². The summed E-state index contributed by atoms with van der Waals surface area (Å²) in [4.78, 5) is 13.2. The number of anilines is 1. The van der Waals surface area contributed by atoms with Crippen LogP contribution >= 0.6 is 0 Å². The van der Waals surface area contributed by atoms with Crippen LogP contribution < -0.4 is 5.32 Å². The van der Waals surface area contributed by atoms with E-state index in [1.54, 1.807) is 19.2 Å². The molecule has 5 nitrogen and oxygen atoms in total. The number of piperidine rings is 1. The second-order valence-corrected chi connectivity index (χ2v) is 5.47. The zero-order valence-corrected chi connectivity index (χ0v) is 12.3. The van der Waals surface area contributed by atoms with Crippen LogP contribution in [-0.4, -0.2) is 30.0 Å². The Labute approximate surface area is 120 Å². The quantitative estimate of drug-likeness (QED) is 0.663. The Bertz CT molecular complexity index is 476. The predicted molar refractivity (Wildman–Crippen MR) is 80.9 cm³/mol. The van der Waals surface area contributed by atoms with Gasteiger partial charge in [0, 0.05) is 26.2 Å². The van der Waals surface area contributed by atoms with E-state index in [9.17, 15) is 10.1 Å². The third-order valence-electron chi connectivity index (χ3n) is 4.15. The minimum absolute atomic E-state index is 0.161. The van der Waals surface area contributed by atoms with Crippen molar-refractivity contribution in [2.45, 2.75) is 32.7 Å². The zero-order chi connectivity index (χ0) is 14.5. The van der Waals surface area contributed by atoms with Crippen molar-refractivity contribution in [3.05, 3.63) is 33.9 Å². The number of nitrogens with one attached hydrogen (secondary N) is 1. The van der Waals surface area contributed by atoms with Crippen LogP contribution in [0.15, 0.2) is 18.2 Å². The summed E-state index contributed by atoms with van der Waals surface area (Å²) in [6, 6.07) is 5.31. The lowest BCUT2D eigenvalue weighted by Crippen LogP contribution is -2.34. The van der Waals surface area contributed by atoms with Gasteiger partial charge >= 0.3 is 0 Å². The first kappa shape index (κ1) is 14.8. The first-order valence-corrected chi connectivity index (χ1v) is 7.32. The van der Waals surface area contributed by atoms with Crippen LogP contribution in [0.3, 0.4) is 0 Å². The maximum atomic E-state index is 11.1. The van der Waals surface area contributed by atoms with Crippen molar-refractivity contribution in [1.29, 1.82) is 0 Å². The Kier molecular flexibility index (Phi) is 4.95. The number of hydrogen-bond donors (Lipinski definition) is 1. The van der Waals surface area contributed by atoms with Crippen molar-refractivity contribution in [2.75, 3.05) is 25.5 Å². The minimum atomic E-state index is -0.319. The molecule has 1 fully saturated rings. The summed E-state index contributed by atoms with van der Waals surface area (Å²) in [6.07, 6.45) is 3.74. The van der Waals surface area contributed by atoms with E-state index in [4.69, 9.17) is 0 Å². The molecular weight excluding hydrogens is 254 g/mol. The Morgan fingerprint density at radius 3 is 2.95 bits per heavy atom. The van der Waals surface area contributed by atoms with Crippen LogP contribution in [0.1, 0.15) is 31.7 Å². The van der Waals surface area contributed by atoms with Gasteiger partial charge in [0.05, 0.1) is 4.92 Å². The highest BCUT2D eigenvalue weighted by molar-refractivity contribution is 5.66. The van der Waals surface area contributed by atoms with Crippen LogP contribution in [0.2, 0.25) is 0 Å². The van der Waals surface area contributed by atoms with E-state index in [1.807, 2.05) is 6.07 Å². The van der Waals surface area contributed by atoms with Crippen LogP contribution in [-0.2, 0) is 6.54 Å². The van der Waals surface area contributed by atoms with E-state index in [1.165, 1.54) is 19.3 Å². The van der Waals surface area contributed by atoms with Crippen molar-refractivity contribution in [1.82, 2.24) is 4.90 Å². The van der Waals surface area contributed by atoms with E-state index >= 15 is 0 Å². The molecule has 1 N–H and O–H groups in total. The molecule has 1 atom stereocenters. The topological polar surface area (TPSA) is 58.4 Å². The fourth-order valence-electron chi connectivity index (χ4n) is 3.03. The number of nitro groups is 1. The fourth-order valence-corrected chi connectivity index (χ4v) is 3.03. The number of benzene rings is 1. The third-order valence-corrected chi connectivity index (χ3v) is 4.15. The van der Waals surface area contributed by atoms with E-state index in [0.29, 0.717) is 5.69 Å². The van der Waals surface area contributed by atoms with Gasteiger partial charge < -0.3 is 5.32 Å². The molecule has 1 aliphatic rings. The molecule has 1 aromatic carbocycles. The summed E-state index contributed by atoms with van der Waals surface area (Å²) >= 11 is 0.